The Bertz CT molecular complexity index is 973. The van der Waals surface area contributed by atoms with E-state index in [2.05, 4.69) is 12.1 Å². The Hall–Kier alpha value is -2.68. The normalized spacial score (nSPS) is 14.1. The zero-order valence-electron chi connectivity index (χ0n) is 13.5. The van der Waals surface area contributed by atoms with Crippen LogP contribution in [0, 0.1) is 12.7 Å². The summed E-state index contributed by atoms with van der Waals surface area (Å²) in [5, 5.41) is 2.23. The van der Waals surface area contributed by atoms with Gasteiger partial charge in [0.25, 0.3) is 0 Å². The van der Waals surface area contributed by atoms with E-state index in [0.29, 0.717) is 17.0 Å². The number of aryl methyl sites for hydroxylation is 1. The van der Waals surface area contributed by atoms with Crippen molar-refractivity contribution < 1.29 is 9.18 Å². The number of carbonyl (C=O) groups excluding carboxylic acids is 1. The van der Waals surface area contributed by atoms with Crippen LogP contribution < -0.4 is 5.73 Å². The molecule has 1 aliphatic rings. The molecule has 0 saturated heterocycles. The van der Waals surface area contributed by atoms with Crippen molar-refractivity contribution in [2.45, 2.75) is 25.7 Å². The molecule has 0 bridgehead atoms. The van der Waals surface area contributed by atoms with Crippen LogP contribution in [0.15, 0.2) is 48.5 Å². The van der Waals surface area contributed by atoms with Gasteiger partial charge in [-0.15, -0.1) is 0 Å². The van der Waals surface area contributed by atoms with E-state index in [1.807, 2.05) is 25.1 Å². The number of hydrogen-bond donors (Lipinski definition) is 1. The van der Waals surface area contributed by atoms with Gasteiger partial charge in [0.15, 0.2) is 0 Å². The molecule has 1 saturated carbocycles. The van der Waals surface area contributed by atoms with Crippen LogP contribution >= 0.6 is 0 Å². The fourth-order valence-electron chi connectivity index (χ4n) is 3.54. The molecule has 0 aliphatic heterocycles. The molecular formula is C21H18FNO. The molecule has 24 heavy (non-hydrogen) atoms. The van der Waals surface area contributed by atoms with E-state index in [4.69, 9.17) is 5.73 Å². The third-order valence-corrected chi connectivity index (χ3v) is 4.84. The maximum absolute atomic E-state index is 13.9. The summed E-state index contributed by atoms with van der Waals surface area (Å²) in [6.07, 6.45) is 2.43. The van der Waals surface area contributed by atoms with Gasteiger partial charge in [-0.05, 0) is 76.9 Å². The molecule has 2 N–H and O–H groups in total. The summed E-state index contributed by atoms with van der Waals surface area (Å²) in [6.45, 7) is 1.98. The largest absolute Gasteiger partial charge is 0.366 e. The second kappa shape index (κ2) is 5.45. The van der Waals surface area contributed by atoms with Crippen molar-refractivity contribution in [3.63, 3.8) is 0 Å². The van der Waals surface area contributed by atoms with Gasteiger partial charge in [-0.1, -0.05) is 30.3 Å². The van der Waals surface area contributed by atoms with E-state index in [9.17, 15) is 9.18 Å². The van der Waals surface area contributed by atoms with Crippen molar-refractivity contribution in [2.75, 3.05) is 0 Å². The average Bonchev–Trinajstić information content (AvgIpc) is 3.38. The SMILES string of the molecule is Cc1ccc2c(C3CC3)cccc2c1-c1cc(F)ccc1C(N)=O. The highest BCUT2D eigenvalue weighted by Gasteiger charge is 2.26. The van der Waals surface area contributed by atoms with Crippen LogP contribution in [0.2, 0.25) is 0 Å². The third-order valence-electron chi connectivity index (χ3n) is 4.84. The predicted molar refractivity (Wildman–Crippen MR) is 94.6 cm³/mol. The molecular weight excluding hydrogens is 301 g/mol. The Morgan fingerprint density at radius 3 is 2.58 bits per heavy atom. The molecule has 3 aromatic carbocycles. The molecule has 0 radical (unpaired) electrons. The molecule has 0 aromatic heterocycles. The van der Waals surface area contributed by atoms with Crippen molar-refractivity contribution in [1.82, 2.24) is 0 Å². The standard InChI is InChI=1S/C21H18FNO/c1-12-5-9-16-15(13-6-7-13)3-2-4-17(16)20(12)19-11-14(22)8-10-18(19)21(23)24/h2-5,8-11,13H,6-7H2,1H3,(H2,23,24). The highest BCUT2D eigenvalue weighted by Crippen LogP contribution is 2.45. The number of benzene rings is 3. The van der Waals surface area contributed by atoms with Gasteiger partial charge in [-0.3, -0.25) is 4.79 Å². The summed E-state index contributed by atoms with van der Waals surface area (Å²) in [6, 6.07) is 14.6. The van der Waals surface area contributed by atoms with Gasteiger partial charge in [0, 0.05) is 5.56 Å². The number of amides is 1. The summed E-state index contributed by atoms with van der Waals surface area (Å²) in [5.41, 5.74) is 9.68. The van der Waals surface area contributed by atoms with Gasteiger partial charge in [-0.2, -0.15) is 0 Å². The second-order valence-electron chi connectivity index (χ2n) is 6.53. The Morgan fingerprint density at radius 2 is 1.88 bits per heavy atom. The summed E-state index contributed by atoms with van der Waals surface area (Å²) in [7, 11) is 0. The first-order valence-corrected chi connectivity index (χ1v) is 8.18. The van der Waals surface area contributed by atoms with E-state index < -0.39 is 5.91 Å². The maximum Gasteiger partial charge on any atom is 0.249 e. The fourth-order valence-corrected chi connectivity index (χ4v) is 3.54. The number of halogens is 1. The first kappa shape index (κ1) is 14.9. The van der Waals surface area contributed by atoms with Gasteiger partial charge in [0.05, 0.1) is 0 Å². The van der Waals surface area contributed by atoms with E-state index in [0.717, 1.165) is 16.5 Å². The minimum absolute atomic E-state index is 0.351. The Kier molecular flexibility index (Phi) is 3.38. The van der Waals surface area contributed by atoms with Crippen molar-refractivity contribution >= 4 is 16.7 Å². The van der Waals surface area contributed by atoms with Crippen LogP contribution in [0.25, 0.3) is 21.9 Å². The average molecular weight is 319 g/mol. The molecule has 4 rings (SSSR count). The van der Waals surface area contributed by atoms with Crippen LogP contribution in [0.1, 0.15) is 40.2 Å². The lowest BCUT2D eigenvalue weighted by Crippen LogP contribution is -2.13. The minimum Gasteiger partial charge on any atom is -0.366 e. The smallest absolute Gasteiger partial charge is 0.249 e. The van der Waals surface area contributed by atoms with Crippen molar-refractivity contribution in [2.24, 2.45) is 5.73 Å². The van der Waals surface area contributed by atoms with Crippen molar-refractivity contribution in [1.29, 1.82) is 0 Å². The van der Waals surface area contributed by atoms with Gasteiger partial charge >= 0.3 is 0 Å². The molecule has 0 unspecified atom stereocenters. The molecule has 1 fully saturated rings. The lowest BCUT2D eigenvalue weighted by atomic mass is 9.88. The molecule has 2 nitrogen and oxygen atoms in total. The molecule has 0 atom stereocenters. The van der Waals surface area contributed by atoms with E-state index in [1.54, 1.807) is 0 Å². The summed E-state index contributed by atoms with van der Waals surface area (Å²) in [5.74, 6) is -0.295. The van der Waals surface area contributed by atoms with Gasteiger partial charge in [-0.25, -0.2) is 4.39 Å². The second-order valence-corrected chi connectivity index (χ2v) is 6.53. The van der Waals surface area contributed by atoms with E-state index in [-0.39, 0.29) is 5.82 Å². The van der Waals surface area contributed by atoms with E-state index in [1.165, 1.54) is 42.0 Å². The monoisotopic (exact) mass is 319 g/mol. The van der Waals surface area contributed by atoms with Crippen molar-refractivity contribution in [3.05, 3.63) is 71.0 Å². The molecule has 3 heteroatoms. The summed E-state index contributed by atoms with van der Waals surface area (Å²) >= 11 is 0. The number of fused-ring (bicyclic) bond motifs is 1. The van der Waals surface area contributed by atoms with Crippen molar-refractivity contribution in [3.8, 4) is 11.1 Å². The number of hydrogen-bond acceptors (Lipinski definition) is 1. The number of nitrogens with two attached hydrogens (primary N) is 1. The summed E-state index contributed by atoms with van der Waals surface area (Å²) < 4.78 is 13.9. The number of carbonyl (C=O) groups is 1. The number of rotatable bonds is 3. The first-order valence-electron chi connectivity index (χ1n) is 8.18. The topological polar surface area (TPSA) is 43.1 Å². The zero-order valence-corrected chi connectivity index (χ0v) is 13.5. The Morgan fingerprint density at radius 1 is 1.08 bits per heavy atom. The molecule has 1 amide bonds. The lowest BCUT2D eigenvalue weighted by Gasteiger charge is -2.15. The first-order chi connectivity index (χ1) is 11.6. The Balaban J connectivity index is 2.07. The van der Waals surface area contributed by atoms with Crippen LogP contribution in [0.4, 0.5) is 4.39 Å². The molecule has 120 valence electrons. The highest BCUT2D eigenvalue weighted by atomic mass is 19.1. The number of primary amides is 1. The lowest BCUT2D eigenvalue weighted by molar-refractivity contribution is 0.100. The fraction of sp³-hybridized carbons (Fsp3) is 0.190. The van der Waals surface area contributed by atoms with Gasteiger partial charge in [0.2, 0.25) is 5.91 Å². The Labute approximate surface area is 140 Å². The zero-order chi connectivity index (χ0) is 16.8. The van der Waals surface area contributed by atoms with Crippen LogP contribution in [-0.2, 0) is 0 Å². The summed E-state index contributed by atoms with van der Waals surface area (Å²) in [4.78, 5) is 11.8. The van der Waals surface area contributed by atoms with Crippen LogP contribution in [-0.4, -0.2) is 5.91 Å². The van der Waals surface area contributed by atoms with Crippen LogP contribution in [0.5, 0.6) is 0 Å². The predicted octanol–water partition coefficient (Wildman–Crippen LogP) is 4.93. The molecule has 3 aromatic rings. The van der Waals surface area contributed by atoms with E-state index >= 15 is 0 Å². The molecule has 0 heterocycles. The van der Waals surface area contributed by atoms with Gasteiger partial charge in [0.1, 0.15) is 5.82 Å². The maximum atomic E-state index is 13.9. The highest BCUT2D eigenvalue weighted by molar-refractivity contribution is 6.07. The molecule has 0 spiro atoms. The van der Waals surface area contributed by atoms with Gasteiger partial charge < -0.3 is 5.73 Å². The quantitative estimate of drug-likeness (QED) is 0.731. The molecule has 1 aliphatic carbocycles. The van der Waals surface area contributed by atoms with Crippen LogP contribution in [0.3, 0.4) is 0 Å². The third kappa shape index (κ3) is 2.37. The minimum atomic E-state index is -0.542.